The molecular weight excluding hydrogens is 333 g/mol. The summed E-state index contributed by atoms with van der Waals surface area (Å²) in [6.45, 7) is 4.09. The van der Waals surface area contributed by atoms with Gasteiger partial charge >= 0.3 is 6.18 Å². The van der Waals surface area contributed by atoms with Crippen molar-refractivity contribution in [2.75, 3.05) is 11.9 Å². The Morgan fingerprint density at radius 1 is 1.20 bits per heavy atom. The SMILES string of the molecule is CCCCNC(=O)c1cc(Nc2ccccc2C(F)(F)F)nc(C)n1. The molecule has 0 aliphatic heterocycles. The lowest BCUT2D eigenvalue weighted by Gasteiger charge is -2.14. The third kappa shape index (κ3) is 5.17. The largest absolute Gasteiger partial charge is 0.418 e. The molecule has 1 heterocycles. The average molecular weight is 352 g/mol. The number of nitrogens with zero attached hydrogens (tertiary/aromatic N) is 2. The van der Waals surface area contributed by atoms with Crippen LogP contribution >= 0.6 is 0 Å². The number of anilines is 2. The van der Waals surface area contributed by atoms with Crippen molar-refractivity contribution < 1.29 is 18.0 Å². The van der Waals surface area contributed by atoms with Gasteiger partial charge in [-0.25, -0.2) is 9.97 Å². The predicted octanol–water partition coefficient (Wildman–Crippen LogP) is 4.08. The number of halogens is 3. The Hall–Kier alpha value is -2.64. The van der Waals surface area contributed by atoms with Crippen molar-refractivity contribution in [2.45, 2.75) is 32.9 Å². The summed E-state index contributed by atoms with van der Waals surface area (Å²) >= 11 is 0. The molecule has 25 heavy (non-hydrogen) atoms. The maximum absolute atomic E-state index is 13.1. The van der Waals surface area contributed by atoms with Crippen molar-refractivity contribution in [1.29, 1.82) is 0 Å². The zero-order valence-corrected chi connectivity index (χ0v) is 13.9. The molecule has 0 saturated heterocycles. The van der Waals surface area contributed by atoms with E-state index in [1.54, 1.807) is 6.92 Å². The number of carbonyl (C=O) groups is 1. The van der Waals surface area contributed by atoms with E-state index in [4.69, 9.17) is 0 Å². The zero-order valence-electron chi connectivity index (χ0n) is 13.9. The Morgan fingerprint density at radius 2 is 1.92 bits per heavy atom. The molecule has 8 heteroatoms. The van der Waals surface area contributed by atoms with Crippen LogP contribution in [0.25, 0.3) is 0 Å². The second-order valence-corrected chi connectivity index (χ2v) is 5.46. The summed E-state index contributed by atoms with van der Waals surface area (Å²) in [6, 6.07) is 6.42. The zero-order chi connectivity index (χ0) is 18.4. The van der Waals surface area contributed by atoms with Crippen LogP contribution in [0.5, 0.6) is 0 Å². The van der Waals surface area contributed by atoms with Gasteiger partial charge in [0.25, 0.3) is 5.91 Å². The monoisotopic (exact) mass is 352 g/mol. The van der Waals surface area contributed by atoms with Crippen LogP contribution in [0.3, 0.4) is 0 Å². The fourth-order valence-electron chi connectivity index (χ4n) is 2.19. The molecule has 1 aromatic heterocycles. The number of hydrogen-bond donors (Lipinski definition) is 2. The summed E-state index contributed by atoms with van der Waals surface area (Å²) in [5, 5.41) is 5.35. The maximum Gasteiger partial charge on any atom is 0.418 e. The number of aromatic nitrogens is 2. The van der Waals surface area contributed by atoms with Gasteiger partial charge in [0.2, 0.25) is 0 Å². The number of alkyl halides is 3. The van der Waals surface area contributed by atoms with Crippen LogP contribution in [0.1, 0.15) is 41.6 Å². The topological polar surface area (TPSA) is 66.9 Å². The lowest BCUT2D eigenvalue weighted by Crippen LogP contribution is -2.25. The van der Waals surface area contributed by atoms with Crippen LogP contribution in [-0.2, 0) is 6.18 Å². The van der Waals surface area contributed by atoms with E-state index in [0.29, 0.717) is 6.54 Å². The van der Waals surface area contributed by atoms with Crippen LogP contribution in [0.4, 0.5) is 24.7 Å². The molecule has 2 rings (SSSR count). The number of rotatable bonds is 6. The summed E-state index contributed by atoms with van der Waals surface area (Å²) in [6.07, 6.45) is -2.73. The van der Waals surface area contributed by atoms with E-state index in [9.17, 15) is 18.0 Å². The fourth-order valence-corrected chi connectivity index (χ4v) is 2.19. The number of hydrogen-bond acceptors (Lipinski definition) is 4. The third-order valence-electron chi connectivity index (χ3n) is 3.38. The minimum absolute atomic E-state index is 0.107. The highest BCUT2D eigenvalue weighted by atomic mass is 19.4. The van der Waals surface area contributed by atoms with Gasteiger partial charge in [-0.15, -0.1) is 0 Å². The highest BCUT2D eigenvalue weighted by molar-refractivity contribution is 5.93. The molecule has 134 valence electrons. The van der Waals surface area contributed by atoms with E-state index >= 15 is 0 Å². The highest BCUT2D eigenvalue weighted by Gasteiger charge is 2.33. The van der Waals surface area contributed by atoms with Crippen LogP contribution in [0, 0.1) is 6.92 Å². The summed E-state index contributed by atoms with van der Waals surface area (Å²) in [7, 11) is 0. The Morgan fingerprint density at radius 3 is 2.60 bits per heavy atom. The van der Waals surface area contributed by atoms with E-state index in [-0.39, 0.29) is 28.9 Å². The molecule has 0 atom stereocenters. The summed E-state index contributed by atoms with van der Waals surface area (Å²) in [5.74, 6) is 0.0334. The first kappa shape index (κ1) is 18.7. The van der Waals surface area contributed by atoms with Crippen molar-refractivity contribution in [1.82, 2.24) is 15.3 Å². The molecule has 0 unspecified atom stereocenters. The minimum atomic E-state index is -4.49. The molecule has 1 amide bonds. The molecule has 0 aliphatic rings. The minimum Gasteiger partial charge on any atom is -0.351 e. The average Bonchev–Trinajstić information content (AvgIpc) is 2.54. The van der Waals surface area contributed by atoms with Gasteiger partial charge < -0.3 is 10.6 Å². The molecule has 0 aliphatic carbocycles. The van der Waals surface area contributed by atoms with Crippen molar-refractivity contribution in [2.24, 2.45) is 0 Å². The Labute approximate surface area is 143 Å². The first-order chi connectivity index (χ1) is 11.8. The van der Waals surface area contributed by atoms with Crippen LogP contribution < -0.4 is 10.6 Å². The van der Waals surface area contributed by atoms with Gasteiger partial charge in [0.15, 0.2) is 0 Å². The predicted molar refractivity (Wildman–Crippen MR) is 88.7 cm³/mol. The molecule has 2 aromatic rings. The van der Waals surface area contributed by atoms with Gasteiger partial charge in [-0.1, -0.05) is 25.5 Å². The molecule has 0 bridgehead atoms. The molecule has 0 saturated carbocycles. The number of amides is 1. The summed E-state index contributed by atoms with van der Waals surface area (Å²) < 4.78 is 39.2. The number of nitrogens with one attached hydrogen (secondary N) is 2. The van der Waals surface area contributed by atoms with Crippen LogP contribution in [0.2, 0.25) is 0 Å². The second-order valence-electron chi connectivity index (χ2n) is 5.46. The van der Waals surface area contributed by atoms with Gasteiger partial charge in [0.05, 0.1) is 11.3 Å². The number of aryl methyl sites for hydroxylation is 1. The smallest absolute Gasteiger partial charge is 0.351 e. The quantitative estimate of drug-likeness (QED) is 0.769. The van der Waals surface area contributed by atoms with Crippen molar-refractivity contribution >= 4 is 17.4 Å². The first-order valence-corrected chi connectivity index (χ1v) is 7.88. The molecule has 0 radical (unpaired) electrons. The number of para-hydroxylation sites is 1. The van der Waals surface area contributed by atoms with E-state index in [1.807, 2.05) is 6.92 Å². The molecule has 1 aromatic carbocycles. The maximum atomic E-state index is 13.1. The van der Waals surface area contributed by atoms with E-state index in [0.717, 1.165) is 18.9 Å². The van der Waals surface area contributed by atoms with Crippen LogP contribution in [-0.4, -0.2) is 22.4 Å². The van der Waals surface area contributed by atoms with Gasteiger partial charge in [-0.05, 0) is 25.5 Å². The fraction of sp³-hybridized carbons (Fsp3) is 0.353. The van der Waals surface area contributed by atoms with Gasteiger partial charge in [-0.2, -0.15) is 13.2 Å². The number of benzene rings is 1. The van der Waals surface area contributed by atoms with E-state index in [1.165, 1.54) is 24.3 Å². The summed E-state index contributed by atoms with van der Waals surface area (Å²) in [4.78, 5) is 20.2. The van der Waals surface area contributed by atoms with Crippen molar-refractivity contribution in [3.05, 3.63) is 47.4 Å². The second kappa shape index (κ2) is 7.96. The highest BCUT2D eigenvalue weighted by Crippen LogP contribution is 2.35. The standard InChI is InChI=1S/C17H19F3N4O/c1-3-4-9-21-16(25)14-10-15(23-11(2)22-14)24-13-8-6-5-7-12(13)17(18,19)20/h5-8,10H,3-4,9H2,1-2H3,(H,21,25)(H,22,23,24). The Bertz CT molecular complexity index is 747. The third-order valence-corrected chi connectivity index (χ3v) is 3.38. The molecule has 0 spiro atoms. The van der Waals surface area contributed by atoms with Crippen molar-refractivity contribution in [3.8, 4) is 0 Å². The first-order valence-electron chi connectivity index (χ1n) is 7.88. The normalized spacial score (nSPS) is 11.2. The lowest BCUT2D eigenvalue weighted by atomic mass is 10.1. The van der Waals surface area contributed by atoms with Crippen LogP contribution in [0.15, 0.2) is 30.3 Å². The molecule has 2 N–H and O–H groups in total. The van der Waals surface area contributed by atoms with Crippen molar-refractivity contribution in [3.63, 3.8) is 0 Å². The lowest BCUT2D eigenvalue weighted by molar-refractivity contribution is -0.136. The van der Waals surface area contributed by atoms with E-state index < -0.39 is 11.7 Å². The Kier molecular flexibility index (Phi) is 5.95. The van der Waals surface area contributed by atoms with E-state index in [2.05, 4.69) is 20.6 Å². The molecule has 5 nitrogen and oxygen atoms in total. The molecular formula is C17H19F3N4O. The molecule has 0 fully saturated rings. The van der Waals surface area contributed by atoms with Gasteiger partial charge in [-0.3, -0.25) is 4.79 Å². The Balaban J connectivity index is 2.25. The van der Waals surface area contributed by atoms with Gasteiger partial charge in [0, 0.05) is 12.6 Å². The number of unbranched alkanes of at least 4 members (excludes halogenated alkanes) is 1. The van der Waals surface area contributed by atoms with Gasteiger partial charge in [0.1, 0.15) is 17.3 Å². The summed E-state index contributed by atoms with van der Waals surface area (Å²) in [5.41, 5.74) is -0.832. The number of carbonyl (C=O) groups excluding carboxylic acids is 1.